The largest absolute Gasteiger partial charge is 0.491 e. The number of fused-ring (bicyclic) bond motifs is 1. The van der Waals surface area contributed by atoms with Gasteiger partial charge in [-0.25, -0.2) is 9.37 Å². The van der Waals surface area contributed by atoms with Crippen LogP contribution in [-0.4, -0.2) is 41.2 Å². The van der Waals surface area contributed by atoms with Gasteiger partial charge in [-0.2, -0.15) is 0 Å². The van der Waals surface area contributed by atoms with E-state index in [0.29, 0.717) is 36.0 Å². The molecule has 3 aromatic rings. The molecule has 9 heteroatoms. The van der Waals surface area contributed by atoms with Crippen LogP contribution in [0.25, 0.3) is 0 Å². The monoisotopic (exact) mass is 491 g/mol. The average molecular weight is 492 g/mol. The summed E-state index contributed by atoms with van der Waals surface area (Å²) in [4.78, 5) is 28.0. The molecule has 1 aromatic heterocycles. The molecule has 4 rings (SSSR count). The van der Waals surface area contributed by atoms with E-state index in [-0.39, 0.29) is 17.4 Å². The molecule has 8 nitrogen and oxygen atoms in total. The zero-order valence-electron chi connectivity index (χ0n) is 20.1. The molecule has 0 aliphatic carbocycles. The fraction of sp³-hybridized carbons (Fsp3) is 0.222. The van der Waals surface area contributed by atoms with E-state index in [1.807, 2.05) is 6.07 Å². The van der Waals surface area contributed by atoms with Gasteiger partial charge in [-0.15, -0.1) is 0 Å². The molecular weight excluding hydrogens is 465 g/mol. The minimum absolute atomic E-state index is 0.0198. The van der Waals surface area contributed by atoms with Crippen molar-refractivity contribution >= 4 is 17.5 Å². The number of hydrogen-bond donors (Lipinski definition) is 2. The number of hydrogen-bond acceptors (Lipinski definition) is 6. The number of rotatable bonds is 3. The number of ether oxygens (including phenoxy) is 2. The first kappa shape index (κ1) is 26.2. The number of halogens is 1. The van der Waals surface area contributed by atoms with E-state index in [0.717, 1.165) is 5.56 Å². The summed E-state index contributed by atoms with van der Waals surface area (Å²) < 4.78 is 23.6. The maximum Gasteiger partial charge on any atom is 0.267 e. The van der Waals surface area contributed by atoms with Crippen LogP contribution in [0.15, 0.2) is 60.8 Å². The molecule has 2 heterocycles. The van der Waals surface area contributed by atoms with E-state index >= 15 is 0 Å². The Bertz CT molecular complexity index is 1290. The highest BCUT2D eigenvalue weighted by Gasteiger charge is 2.20. The minimum Gasteiger partial charge on any atom is -0.491 e. The number of pyridine rings is 1. The second-order valence-electron chi connectivity index (χ2n) is 8.34. The Kier molecular flexibility index (Phi) is 8.25. The predicted molar refractivity (Wildman–Crippen MR) is 132 cm³/mol. The highest BCUT2D eigenvalue weighted by molar-refractivity contribution is 5.95. The Morgan fingerprint density at radius 2 is 1.86 bits per heavy atom. The summed E-state index contributed by atoms with van der Waals surface area (Å²) in [6.07, 6.45) is 1.75. The van der Waals surface area contributed by atoms with Crippen LogP contribution in [0.4, 0.5) is 10.1 Å². The van der Waals surface area contributed by atoms with Crippen LogP contribution < -0.4 is 20.1 Å². The van der Waals surface area contributed by atoms with Gasteiger partial charge >= 0.3 is 0 Å². The van der Waals surface area contributed by atoms with Crippen LogP contribution in [0, 0.1) is 17.7 Å². The van der Waals surface area contributed by atoms with Crippen molar-refractivity contribution in [2.45, 2.75) is 25.9 Å². The van der Waals surface area contributed by atoms with Crippen LogP contribution in [0.1, 0.15) is 36.3 Å². The minimum atomic E-state index is -1.04. The van der Waals surface area contributed by atoms with E-state index in [4.69, 9.17) is 15.2 Å². The number of aromatic nitrogens is 1. The molecule has 0 atom stereocenters. The Morgan fingerprint density at radius 3 is 2.47 bits per heavy atom. The lowest BCUT2D eigenvalue weighted by Crippen LogP contribution is -2.25. The number of carbonyl (C=O) groups excluding carboxylic acids is 2. The molecule has 2 aromatic carbocycles. The maximum atomic E-state index is 12.6. The van der Waals surface area contributed by atoms with Gasteiger partial charge in [0, 0.05) is 12.6 Å². The van der Waals surface area contributed by atoms with Gasteiger partial charge in [0.2, 0.25) is 5.91 Å². The zero-order valence-corrected chi connectivity index (χ0v) is 20.1. The summed E-state index contributed by atoms with van der Waals surface area (Å²) in [6.45, 7) is 3.65. The number of nitrogens with zero attached hydrogens (tertiary/aromatic N) is 2. The molecule has 36 heavy (non-hydrogen) atoms. The Hall–Kier alpha value is -4.42. The van der Waals surface area contributed by atoms with Crippen molar-refractivity contribution in [1.82, 2.24) is 4.98 Å². The summed E-state index contributed by atoms with van der Waals surface area (Å²) in [6, 6.07) is 14.0. The van der Waals surface area contributed by atoms with Crippen LogP contribution in [-0.2, 0) is 4.79 Å². The molecule has 0 unspecified atom stereocenters. The topological polar surface area (TPSA) is 115 Å². The molecule has 3 N–H and O–H groups in total. The quantitative estimate of drug-likeness (QED) is 0.541. The van der Waals surface area contributed by atoms with Crippen molar-refractivity contribution in [3.63, 3.8) is 0 Å². The maximum absolute atomic E-state index is 12.6. The number of primary amides is 1. The van der Waals surface area contributed by atoms with Crippen LogP contribution in [0.2, 0.25) is 0 Å². The van der Waals surface area contributed by atoms with Gasteiger partial charge in [0.15, 0.2) is 0 Å². The molecule has 0 bridgehead atoms. The lowest BCUT2D eigenvalue weighted by Gasteiger charge is -2.16. The Labute approximate surface area is 208 Å². The van der Waals surface area contributed by atoms with Crippen molar-refractivity contribution < 1.29 is 28.6 Å². The third-order valence-electron chi connectivity index (χ3n) is 4.82. The van der Waals surface area contributed by atoms with Crippen LogP contribution >= 0.6 is 0 Å². The lowest BCUT2D eigenvalue weighted by atomic mass is 10.1. The molecule has 0 fully saturated rings. The smallest absolute Gasteiger partial charge is 0.267 e. The van der Waals surface area contributed by atoms with Gasteiger partial charge in [0.25, 0.3) is 5.91 Å². The summed E-state index contributed by atoms with van der Waals surface area (Å²) in [5, 5.41) is 9.59. The van der Waals surface area contributed by atoms with E-state index in [1.54, 1.807) is 44.0 Å². The molecule has 2 amide bonds. The molecule has 0 saturated heterocycles. The molecule has 0 saturated carbocycles. The Balaban J connectivity index is 0.000000202. The number of nitrogens with two attached hydrogens (primary N) is 1. The number of carbonyl (C=O) groups is 2. The standard InChI is InChI=1S/C15H17NO3.C12H9FN2O2/c1-15(2,18)8-6-11-4-5-13-12(10-11)16(3)14(17)7-9-19-13;13-8-1-3-9(4-2-8)17-10-5-6-11(12(14)16)15-7-10/h4-5,10,18H,7,9H2,1-3H3;1-7H,(H2,14,16). The fourth-order valence-electron chi connectivity index (χ4n) is 2.98. The third kappa shape index (κ3) is 7.55. The van der Waals surface area contributed by atoms with Gasteiger partial charge in [-0.05, 0) is 68.4 Å². The second kappa shape index (κ2) is 11.3. The van der Waals surface area contributed by atoms with Gasteiger partial charge in [0.1, 0.15) is 34.4 Å². The first-order chi connectivity index (χ1) is 17.0. The van der Waals surface area contributed by atoms with Crippen molar-refractivity contribution in [3.8, 4) is 29.1 Å². The number of anilines is 1. The van der Waals surface area contributed by atoms with E-state index in [9.17, 15) is 19.1 Å². The molecule has 186 valence electrons. The second-order valence-corrected chi connectivity index (χ2v) is 8.34. The highest BCUT2D eigenvalue weighted by Crippen LogP contribution is 2.31. The zero-order chi connectivity index (χ0) is 26.3. The number of benzene rings is 2. The first-order valence-corrected chi connectivity index (χ1v) is 11.0. The summed E-state index contributed by atoms with van der Waals surface area (Å²) in [5.41, 5.74) is 5.63. The summed E-state index contributed by atoms with van der Waals surface area (Å²) >= 11 is 0. The van der Waals surface area contributed by atoms with Crippen LogP contribution in [0.5, 0.6) is 17.2 Å². The van der Waals surface area contributed by atoms with Gasteiger partial charge in [-0.3, -0.25) is 9.59 Å². The predicted octanol–water partition coefficient (Wildman–Crippen LogP) is 3.67. The van der Waals surface area contributed by atoms with Crippen molar-refractivity contribution in [2.24, 2.45) is 5.73 Å². The normalized spacial score (nSPS) is 12.6. The van der Waals surface area contributed by atoms with E-state index in [1.165, 1.54) is 36.5 Å². The number of amides is 2. The fourth-order valence-corrected chi connectivity index (χ4v) is 2.98. The van der Waals surface area contributed by atoms with Gasteiger partial charge < -0.3 is 25.2 Å². The molecule has 1 aliphatic rings. The van der Waals surface area contributed by atoms with Crippen molar-refractivity contribution in [2.75, 3.05) is 18.6 Å². The third-order valence-corrected chi connectivity index (χ3v) is 4.82. The lowest BCUT2D eigenvalue weighted by molar-refractivity contribution is -0.118. The van der Waals surface area contributed by atoms with Gasteiger partial charge in [-0.1, -0.05) is 11.8 Å². The summed E-state index contributed by atoms with van der Waals surface area (Å²) in [5.74, 6) is 6.35. The summed E-state index contributed by atoms with van der Waals surface area (Å²) in [7, 11) is 1.73. The highest BCUT2D eigenvalue weighted by atomic mass is 19.1. The number of aliphatic hydroxyl groups is 1. The van der Waals surface area contributed by atoms with Crippen molar-refractivity contribution in [1.29, 1.82) is 0 Å². The van der Waals surface area contributed by atoms with Crippen molar-refractivity contribution in [3.05, 3.63) is 77.9 Å². The van der Waals surface area contributed by atoms with Gasteiger partial charge in [0.05, 0.1) is 24.9 Å². The molecule has 1 aliphatic heterocycles. The molecular formula is C27H26FN3O5. The first-order valence-electron chi connectivity index (χ1n) is 11.0. The molecule has 0 radical (unpaired) electrons. The Morgan fingerprint density at radius 1 is 1.17 bits per heavy atom. The van der Waals surface area contributed by atoms with E-state index in [2.05, 4.69) is 16.8 Å². The SMILES string of the molecule is CN1C(=O)CCOc2ccc(C#CC(C)(C)O)cc21.NC(=O)c1ccc(Oc2ccc(F)cc2)cn1. The molecule has 0 spiro atoms. The van der Waals surface area contributed by atoms with E-state index < -0.39 is 11.5 Å². The average Bonchev–Trinajstić information content (AvgIpc) is 2.97. The van der Waals surface area contributed by atoms with Crippen LogP contribution in [0.3, 0.4) is 0 Å².